The summed E-state index contributed by atoms with van der Waals surface area (Å²) >= 11 is 0. The lowest BCUT2D eigenvalue weighted by Gasteiger charge is -2.43. The van der Waals surface area contributed by atoms with Crippen LogP contribution in [-0.2, 0) is 27.2 Å². The number of piperidine rings is 1. The first-order chi connectivity index (χ1) is 17.4. The van der Waals surface area contributed by atoms with Crippen LogP contribution >= 0.6 is 0 Å². The van der Waals surface area contributed by atoms with Gasteiger partial charge in [-0.25, -0.2) is 13.6 Å². The first-order valence-corrected chi connectivity index (χ1v) is 12.2. The lowest BCUT2D eigenvalue weighted by Crippen LogP contribution is -2.50. The lowest BCUT2D eigenvalue weighted by atomic mass is 9.78. The third-order valence-electron chi connectivity index (χ3n) is 7.95. The van der Waals surface area contributed by atoms with Crippen LogP contribution in [-0.4, -0.2) is 52.7 Å². The van der Waals surface area contributed by atoms with Crippen molar-refractivity contribution in [1.29, 1.82) is 0 Å². The van der Waals surface area contributed by atoms with Gasteiger partial charge < -0.3 is 15.1 Å². The fraction of sp³-hybridized carbons (Fsp3) is 0.407. The van der Waals surface area contributed by atoms with Gasteiger partial charge in [0, 0.05) is 31.0 Å². The molecule has 2 heterocycles. The van der Waals surface area contributed by atoms with Gasteiger partial charge in [0.05, 0.1) is 6.04 Å². The van der Waals surface area contributed by atoms with Gasteiger partial charge in [-0.15, -0.1) is 0 Å². The minimum atomic E-state index is -1.00. The molecule has 0 unspecified atom stereocenters. The molecule has 2 aliphatic heterocycles. The number of carbonyl (C=O) groups excluding carboxylic acids is 4. The zero-order valence-corrected chi connectivity index (χ0v) is 20.9. The molecule has 0 radical (unpaired) electrons. The molecule has 2 saturated heterocycles. The highest BCUT2D eigenvalue weighted by atomic mass is 19.2. The predicted molar refractivity (Wildman–Crippen MR) is 130 cm³/mol. The number of nitrogens with one attached hydrogen (secondary N) is 2. The normalized spacial score (nSPS) is 24.5. The maximum absolute atomic E-state index is 13.9. The van der Waals surface area contributed by atoms with E-state index in [0.29, 0.717) is 36.9 Å². The summed E-state index contributed by atoms with van der Waals surface area (Å²) in [6.45, 7) is 3.35. The summed E-state index contributed by atoms with van der Waals surface area (Å²) in [5, 5.41) is 5.18. The molecule has 0 saturated carbocycles. The highest BCUT2D eigenvalue weighted by molar-refractivity contribution is 6.07. The Morgan fingerprint density at radius 2 is 1.78 bits per heavy atom. The van der Waals surface area contributed by atoms with E-state index < -0.39 is 40.6 Å². The summed E-state index contributed by atoms with van der Waals surface area (Å²) in [6, 6.07) is 7.87. The van der Waals surface area contributed by atoms with Crippen molar-refractivity contribution in [3.63, 3.8) is 0 Å². The Morgan fingerprint density at radius 3 is 2.46 bits per heavy atom. The number of hydrogen-bond acceptors (Lipinski definition) is 4. The molecule has 3 aliphatic rings. The van der Waals surface area contributed by atoms with Crippen molar-refractivity contribution in [2.45, 2.75) is 51.1 Å². The minimum absolute atomic E-state index is 0.237. The van der Waals surface area contributed by atoms with Crippen LogP contribution in [0.5, 0.6) is 0 Å². The van der Waals surface area contributed by atoms with Crippen LogP contribution in [0.4, 0.5) is 19.3 Å². The Bertz CT molecular complexity index is 1340. The number of carbonyl (C=O) groups is 4. The number of urea groups is 1. The molecule has 0 aromatic heterocycles. The molecule has 2 atom stereocenters. The fourth-order valence-corrected chi connectivity index (χ4v) is 5.67. The average Bonchev–Trinajstić information content (AvgIpc) is 3.32. The van der Waals surface area contributed by atoms with Crippen molar-refractivity contribution in [2.75, 3.05) is 18.9 Å². The van der Waals surface area contributed by atoms with Crippen molar-refractivity contribution >= 4 is 29.4 Å². The van der Waals surface area contributed by atoms with Gasteiger partial charge in [0.1, 0.15) is 12.1 Å². The van der Waals surface area contributed by atoms with Gasteiger partial charge in [-0.3, -0.25) is 19.7 Å². The number of nitrogens with zero attached hydrogens (tertiary/aromatic N) is 2. The fourth-order valence-electron chi connectivity index (χ4n) is 5.67. The number of halogens is 2. The number of likely N-dealkylation sites (N-methyl/N-ethyl adjacent to an activating group) is 1. The van der Waals surface area contributed by atoms with Crippen molar-refractivity contribution in [1.82, 2.24) is 15.1 Å². The molecule has 2 N–H and O–H groups in total. The van der Waals surface area contributed by atoms with Gasteiger partial charge in [0.15, 0.2) is 11.6 Å². The van der Waals surface area contributed by atoms with Crippen LogP contribution in [0.15, 0.2) is 36.4 Å². The van der Waals surface area contributed by atoms with Gasteiger partial charge in [0.2, 0.25) is 11.8 Å². The molecule has 8 nitrogen and oxygen atoms in total. The number of hydrogen-bond donors (Lipinski definition) is 2. The SMILES string of the molecule is CN1C(=O)NC(=O)[C@@]12Cc1ccc(NC(=O)CN3C(=O)C(C)(C)CC[C@@H]3c3ccc(F)c(F)c3)cc1C2. The molecule has 37 heavy (non-hydrogen) atoms. The van der Waals surface area contributed by atoms with Gasteiger partial charge in [0.25, 0.3) is 5.91 Å². The molecule has 2 aromatic rings. The van der Waals surface area contributed by atoms with E-state index >= 15 is 0 Å². The molecular weight excluding hydrogens is 482 g/mol. The van der Waals surface area contributed by atoms with E-state index in [1.165, 1.54) is 15.9 Å². The Kier molecular flexibility index (Phi) is 5.80. The zero-order chi connectivity index (χ0) is 26.7. The molecule has 1 aliphatic carbocycles. The maximum atomic E-state index is 13.9. The molecule has 5 rings (SSSR count). The third kappa shape index (κ3) is 4.14. The second kappa shape index (κ2) is 8.64. The number of amides is 5. The topological polar surface area (TPSA) is 98.8 Å². The minimum Gasteiger partial charge on any atom is -0.326 e. The number of benzene rings is 2. The van der Waals surface area contributed by atoms with Crippen LogP contribution in [0.2, 0.25) is 0 Å². The van der Waals surface area contributed by atoms with E-state index in [2.05, 4.69) is 10.6 Å². The third-order valence-corrected chi connectivity index (χ3v) is 7.95. The monoisotopic (exact) mass is 510 g/mol. The van der Waals surface area contributed by atoms with Crippen LogP contribution in [0.25, 0.3) is 0 Å². The summed E-state index contributed by atoms with van der Waals surface area (Å²) < 4.78 is 27.5. The largest absolute Gasteiger partial charge is 0.326 e. The van der Waals surface area contributed by atoms with E-state index in [9.17, 15) is 28.0 Å². The van der Waals surface area contributed by atoms with Gasteiger partial charge in [-0.1, -0.05) is 26.0 Å². The highest BCUT2D eigenvalue weighted by Crippen LogP contribution is 2.41. The maximum Gasteiger partial charge on any atom is 0.324 e. The van der Waals surface area contributed by atoms with E-state index in [-0.39, 0.29) is 18.4 Å². The van der Waals surface area contributed by atoms with Crippen LogP contribution in [0, 0.1) is 17.0 Å². The molecule has 0 bridgehead atoms. The molecule has 2 fully saturated rings. The number of anilines is 1. The van der Waals surface area contributed by atoms with Gasteiger partial charge in [-0.05, 0) is 53.8 Å². The van der Waals surface area contributed by atoms with Crippen LogP contribution < -0.4 is 10.6 Å². The van der Waals surface area contributed by atoms with E-state index in [1.54, 1.807) is 33.0 Å². The molecule has 5 amide bonds. The predicted octanol–water partition coefficient (Wildman–Crippen LogP) is 3.31. The van der Waals surface area contributed by atoms with E-state index in [1.807, 2.05) is 6.07 Å². The Morgan fingerprint density at radius 1 is 1.05 bits per heavy atom. The number of imide groups is 1. The molecule has 194 valence electrons. The number of rotatable bonds is 4. The van der Waals surface area contributed by atoms with Gasteiger partial charge >= 0.3 is 6.03 Å². The van der Waals surface area contributed by atoms with E-state index in [4.69, 9.17) is 0 Å². The zero-order valence-electron chi connectivity index (χ0n) is 20.9. The number of fused-ring (bicyclic) bond motifs is 1. The molecular formula is C27H28F2N4O4. The Balaban J connectivity index is 1.34. The Labute approximate surface area is 213 Å². The second-order valence-electron chi connectivity index (χ2n) is 10.8. The lowest BCUT2D eigenvalue weighted by molar-refractivity contribution is -0.150. The number of likely N-dealkylation sites (tertiary alicyclic amines) is 1. The van der Waals surface area contributed by atoms with E-state index in [0.717, 1.165) is 23.3 Å². The summed E-state index contributed by atoms with van der Waals surface area (Å²) in [4.78, 5) is 53.7. The summed E-state index contributed by atoms with van der Waals surface area (Å²) in [5.74, 6) is -2.98. The summed E-state index contributed by atoms with van der Waals surface area (Å²) in [6.07, 6.45) is 1.77. The van der Waals surface area contributed by atoms with Crippen molar-refractivity contribution in [3.05, 3.63) is 64.7 Å². The van der Waals surface area contributed by atoms with Crippen molar-refractivity contribution in [3.8, 4) is 0 Å². The summed E-state index contributed by atoms with van der Waals surface area (Å²) in [7, 11) is 1.59. The first kappa shape index (κ1) is 24.9. The quantitative estimate of drug-likeness (QED) is 0.617. The Hall–Kier alpha value is -3.82. The van der Waals surface area contributed by atoms with Gasteiger partial charge in [-0.2, -0.15) is 0 Å². The molecule has 10 heteroatoms. The highest BCUT2D eigenvalue weighted by Gasteiger charge is 2.54. The van der Waals surface area contributed by atoms with Crippen molar-refractivity contribution < 1.29 is 28.0 Å². The molecule has 2 aromatic carbocycles. The summed E-state index contributed by atoms with van der Waals surface area (Å²) in [5.41, 5.74) is 1.05. The smallest absolute Gasteiger partial charge is 0.324 e. The molecule has 1 spiro atoms. The first-order valence-electron chi connectivity index (χ1n) is 12.2. The van der Waals surface area contributed by atoms with Crippen LogP contribution in [0.3, 0.4) is 0 Å². The van der Waals surface area contributed by atoms with Crippen LogP contribution in [0.1, 0.15) is 49.4 Å². The standard InChI is InChI=1S/C27H28F2N4O4/c1-26(2)9-8-21(15-5-7-19(28)20(29)11-15)33(24(26)36)14-22(34)30-18-6-4-16-12-27(13-17(16)10-18)23(35)31-25(37)32(27)3/h4-7,10-11,21H,8-9,12-14H2,1-3H3,(H,30,34)(H,31,35,37)/t21-,27+/m1/s1. The second-order valence-corrected chi connectivity index (χ2v) is 10.8. The van der Waals surface area contributed by atoms with Crippen molar-refractivity contribution in [2.24, 2.45) is 5.41 Å². The average molecular weight is 511 g/mol.